The Hall–Kier alpha value is -2.56. The molecule has 2 aromatic rings. The van der Waals surface area contributed by atoms with E-state index in [1.54, 1.807) is 5.10 Å². The Morgan fingerprint density at radius 2 is 2.00 bits per heavy atom. The van der Waals surface area contributed by atoms with Crippen molar-refractivity contribution in [1.29, 1.82) is 0 Å². The van der Waals surface area contributed by atoms with Crippen LogP contribution in [0.25, 0.3) is 0 Å². The van der Waals surface area contributed by atoms with E-state index in [1.807, 2.05) is 4.72 Å². The van der Waals surface area contributed by atoms with Gasteiger partial charge >= 0.3 is 12.1 Å². The Morgan fingerprint density at radius 1 is 1.35 bits per heavy atom. The second-order valence-corrected chi connectivity index (χ2v) is 6.17. The van der Waals surface area contributed by atoms with Crippen LogP contribution in [0.2, 0.25) is 0 Å². The van der Waals surface area contributed by atoms with E-state index in [-0.39, 0.29) is 16.8 Å². The number of H-pyrrole nitrogens is 1. The highest BCUT2D eigenvalue weighted by Gasteiger charge is 2.40. The first-order chi connectivity index (χ1) is 10.5. The lowest BCUT2D eigenvalue weighted by molar-refractivity contribution is -0.143. The van der Waals surface area contributed by atoms with Crippen LogP contribution in [0.4, 0.5) is 18.9 Å². The molecule has 0 fully saturated rings. The van der Waals surface area contributed by atoms with Crippen LogP contribution in [0.5, 0.6) is 0 Å². The molecular formula is C12H10F3N3O4S. The van der Waals surface area contributed by atoms with Crippen molar-refractivity contribution >= 4 is 21.7 Å². The Bertz CT molecular complexity index is 859. The monoisotopic (exact) mass is 349 g/mol. The first kappa shape index (κ1) is 16.8. The molecule has 0 aliphatic rings. The van der Waals surface area contributed by atoms with E-state index in [1.165, 1.54) is 19.1 Å². The maximum absolute atomic E-state index is 12.8. The fraction of sp³-hybridized carbons (Fsp3) is 0.167. The highest BCUT2D eigenvalue weighted by molar-refractivity contribution is 7.92. The lowest BCUT2D eigenvalue weighted by Crippen LogP contribution is -2.20. The first-order valence-corrected chi connectivity index (χ1v) is 7.48. The molecule has 0 atom stereocenters. The van der Waals surface area contributed by atoms with Gasteiger partial charge in [-0.1, -0.05) is 12.1 Å². The predicted molar refractivity (Wildman–Crippen MR) is 72.5 cm³/mol. The minimum atomic E-state index is -4.96. The molecule has 1 heterocycles. The van der Waals surface area contributed by atoms with Gasteiger partial charge in [-0.25, -0.2) is 13.2 Å². The average molecular weight is 349 g/mol. The van der Waals surface area contributed by atoms with Crippen molar-refractivity contribution in [1.82, 2.24) is 10.2 Å². The number of nitrogens with one attached hydrogen (secondary N) is 2. The summed E-state index contributed by atoms with van der Waals surface area (Å²) in [6, 6.07) is 3.94. The molecule has 124 valence electrons. The number of benzene rings is 1. The molecule has 0 aliphatic heterocycles. The molecule has 0 spiro atoms. The van der Waals surface area contributed by atoms with Gasteiger partial charge in [-0.05, 0) is 18.6 Å². The fourth-order valence-corrected chi connectivity index (χ4v) is 3.12. The number of halogens is 3. The third-order valence-corrected chi connectivity index (χ3v) is 4.28. The van der Waals surface area contributed by atoms with Crippen LogP contribution in [0.15, 0.2) is 29.3 Å². The zero-order chi connectivity index (χ0) is 17.4. The third kappa shape index (κ3) is 3.28. The number of carbonyl (C=O) groups is 1. The van der Waals surface area contributed by atoms with E-state index in [9.17, 15) is 26.4 Å². The van der Waals surface area contributed by atoms with Crippen LogP contribution in [-0.4, -0.2) is 29.7 Å². The molecule has 0 saturated carbocycles. The van der Waals surface area contributed by atoms with Crippen molar-refractivity contribution in [2.75, 3.05) is 4.72 Å². The topological polar surface area (TPSA) is 112 Å². The molecule has 23 heavy (non-hydrogen) atoms. The number of sulfonamides is 1. The number of carboxylic acid groups (broad SMARTS) is 1. The number of carboxylic acids is 1. The molecular weight excluding hydrogens is 339 g/mol. The van der Waals surface area contributed by atoms with E-state index in [0.717, 1.165) is 6.07 Å². The largest absolute Gasteiger partial charge is 0.478 e. The van der Waals surface area contributed by atoms with Gasteiger partial charge in [0.15, 0.2) is 5.69 Å². The number of aryl methyl sites for hydroxylation is 1. The van der Waals surface area contributed by atoms with Gasteiger partial charge in [-0.2, -0.15) is 18.3 Å². The van der Waals surface area contributed by atoms with E-state index < -0.39 is 32.8 Å². The molecule has 7 nitrogen and oxygen atoms in total. The lowest BCUT2D eigenvalue weighted by Gasteiger charge is -2.13. The van der Waals surface area contributed by atoms with Gasteiger partial charge < -0.3 is 5.11 Å². The van der Waals surface area contributed by atoms with Crippen molar-refractivity contribution in [3.63, 3.8) is 0 Å². The Morgan fingerprint density at radius 3 is 2.57 bits per heavy atom. The Balaban J connectivity index is 2.53. The summed E-state index contributed by atoms with van der Waals surface area (Å²) in [7, 11) is -4.69. The van der Waals surface area contributed by atoms with E-state index >= 15 is 0 Å². The van der Waals surface area contributed by atoms with Crippen molar-refractivity contribution in [3.8, 4) is 0 Å². The lowest BCUT2D eigenvalue weighted by atomic mass is 10.1. The van der Waals surface area contributed by atoms with E-state index in [2.05, 4.69) is 5.10 Å². The van der Waals surface area contributed by atoms with Crippen LogP contribution in [0.1, 0.15) is 21.6 Å². The standard InChI is InChI=1S/C12H10F3N3O4S/c1-6-3-2-4-7(11(19)20)9(6)18-23(21,22)8-5-16-17-10(8)12(13,14)15/h2-5,18H,1H3,(H,16,17)(H,19,20). The van der Waals surface area contributed by atoms with Crippen LogP contribution >= 0.6 is 0 Å². The molecule has 0 amide bonds. The van der Waals surface area contributed by atoms with Gasteiger partial charge in [0.2, 0.25) is 0 Å². The number of aromatic carboxylic acids is 1. The summed E-state index contributed by atoms with van der Waals surface area (Å²) in [5, 5.41) is 13.7. The third-order valence-electron chi connectivity index (χ3n) is 2.92. The number of aromatic amines is 1. The summed E-state index contributed by atoms with van der Waals surface area (Å²) in [5.41, 5.74) is -2.00. The molecule has 1 aromatic heterocycles. The summed E-state index contributed by atoms with van der Waals surface area (Å²) in [4.78, 5) is 10.0. The van der Waals surface area contributed by atoms with Gasteiger partial charge in [-0.3, -0.25) is 9.82 Å². The smallest absolute Gasteiger partial charge is 0.434 e. The van der Waals surface area contributed by atoms with Crippen molar-refractivity contribution in [2.45, 2.75) is 18.0 Å². The average Bonchev–Trinajstić information content (AvgIpc) is 2.90. The zero-order valence-corrected chi connectivity index (χ0v) is 12.3. The number of aromatic nitrogens is 2. The number of hydrogen-bond acceptors (Lipinski definition) is 4. The summed E-state index contributed by atoms with van der Waals surface area (Å²) in [6.07, 6.45) is -4.45. The SMILES string of the molecule is Cc1cccc(C(=O)O)c1NS(=O)(=O)c1cn[nH]c1C(F)(F)F. The second kappa shape index (κ2) is 5.57. The summed E-state index contributed by atoms with van der Waals surface area (Å²) < 4.78 is 64.6. The molecule has 11 heteroatoms. The van der Waals surface area contributed by atoms with Crippen LogP contribution < -0.4 is 4.72 Å². The zero-order valence-electron chi connectivity index (χ0n) is 11.5. The molecule has 0 radical (unpaired) electrons. The van der Waals surface area contributed by atoms with Crippen LogP contribution in [0, 0.1) is 6.92 Å². The van der Waals surface area contributed by atoms with Gasteiger partial charge in [0.05, 0.1) is 17.4 Å². The summed E-state index contributed by atoms with van der Waals surface area (Å²) in [5.74, 6) is -1.42. The molecule has 1 aromatic carbocycles. The predicted octanol–water partition coefficient (Wildman–Crippen LogP) is 2.24. The quantitative estimate of drug-likeness (QED) is 0.784. The van der Waals surface area contributed by atoms with Gasteiger partial charge in [0.1, 0.15) is 4.90 Å². The van der Waals surface area contributed by atoms with Gasteiger partial charge in [0, 0.05) is 0 Å². The Labute approximate surface area is 128 Å². The maximum atomic E-state index is 12.8. The number of rotatable bonds is 4. The van der Waals surface area contributed by atoms with E-state index in [4.69, 9.17) is 5.11 Å². The molecule has 0 saturated heterocycles. The van der Waals surface area contributed by atoms with Crippen molar-refractivity contribution < 1.29 is 31.5 Å². The number of para-hydroxylation sites is 1. The summed E-state index contributed by atoms with van der Waals surface area (Å²) in [6.45, 7) is 1.42. The highest BCUT2D eigenvalue weighted by Crippen LogP contribution is 2.33. The molecule has 2 rings (SSSR count). The Kier molecular flexibility index (Phi) is 4.07. The fourth-order valence-electron chi connectivity index (χ4n) is 1.85. The second-order valence-electron chi connectivity index (χ2n) is 4.52. The molecule has 0 bridgehead atoms. The van der Waals surface area contributed by atoms with Gasteiger partial charge in [-0.15, -0.1) is 0 Å². The minimum Gasteiger partial charge on any atom is -0.478 e. The van der Waals surface area contributed by atoms with Crippen LogP contribution in [0.3, 0.4) is 0 Å². The maximum Gasteiger partial charge on any atom is 0.434 e. The number of anilines is 1. The molecule has 3 N–H and O–H groups in total. The van der Waals surface area contributed by atoms with Crippen molar-refractivity contribution in [3.05, 3.63) is 41.2 Å². The minimum absolute atomic E-state index is 0.241. The normalized spacial score (nSPS) is 12.2. The molecule has 0 aliphatic carbocycles. The number of hydrogen-bond donors (Lipinski definition) is 3. The highest BCUT2D eigenvalue weighted by atomic mass is 32.2. The van der Waals surface area contributed by atoms with Gasteiger partial charge in [0.25, 0.3) is 10.0 Å². The number of alkyl halides is 3. The number of nitrogens with zero attached hydrogens (tertiary/aromatic N) is 1. The molecule has 0 unspecified atom stereocenters. The van der Waals surface area contributed by atoms with E-state index in [0.29, 0.717) is 6.20 Å². The summed E-state index contributed by atoms with van der Waals surface area (Å²) >= 11 is 0. The van der Waals surface area contributed by atoms with Crippen molar-refractivity contribution in [2.24, 2.45) is 0 Å². The van der Waals surface area contributed by atoms with Crippen LogP contribution in [-0.2, 0) is 16.2 Å². The first-order valence-electron chi connectivity index (χ1n) is 6.00.